The number of nitrogens with zero attached hydrogens (tertiary/aromatic N) is 1. The van der Waals surface area contributed by atoms with Crippen molar-refractivity contribution >= 4 is 43.2 Å². The van der Waals surface area contributed by atoms with Crippen LogP contribution in [0.4, 0.5) is 0 Å². The monoisotopic (exact) mass is 735 g/mol. The number of pyridine rings is 1. The van der Waals surface area contributed by atoms with Gasteiger partial charge in [0.15, 0.2) is 0 Å². The molecule has 0 fully saturated rings. The minimum absolute atomic E-state index is 0.970. The zero-order valence-corrected chi connectivity index (χ0v) is 31.8. The maximum atomic E-state index is 5.22. The smallest absolute Gasteiger partial charge is 0.0722 e. The molecule has 1 heteroatoms. The predicted molar refractivity (Wildman–Crippen MR) is 247 cm³/mol. The molecule has 0 N–H and O–H groups in total. The Morgan fingerprint density at radius 3 is 1.31 bits per heavy atom. The first-order chi connectivity index (χ1) is 28.8. The van der Waals surface area contributed by atoms with Crippen LogP contribution in [0.5, 0.6) is 0 Å². The quantitative estimate of drug-likeness (QED) is 0.122. The third kappa shape index (κ3) is 5.84. The molecule has 0 saturated heterocycles. The van der Waals surface area contributed by atoms with Crippen molar-refractivity contribution in [3.05, 3.63) is 224 Å². The van der Waals surface area contributed by atoms with Crippen LogP contribution in [-0.2, 0) is 0 Å². The van der Waals surface area contributed by atoms with Gasteiger partial charge in [0, 0.05) is 10.9 Å². The number of rotatable bonds is 6. The van der Waals surface area contributed by atoms with Crippen LogP contribution in [0.3, 0.4) is 0 Å². The standard InChI is InChI=1S/C57H37N/c1-4-14-41(15-5-1)51-37-54(58-53-35-33-42-16-10-11-21-47(42)57(51)53)43-30-28-39(29-31-43)38-24-26-40(27-25-38)46-32-34-50-52(36-46)56(45-19-8-3-9-20-45)49-23-13-12-22-48(49)55(50)44-17-6-2-7-18-44/h1-37H. The fraction of sp³-hybridized carbons (Fsp3) is 0. The lowest BCUT2D eigenvalue weighted by atomic mass is 9.85. The van der Waals surface area contributed by atoms with Crippen LogP contribution in [0, 0.1) is 0 Å². The van der Waals surface area contributed by atoms with Crippen molar-refractivity contribution in [3.63, 3.8) is 0 Å². The normalized spacial score (nSPS) is 11.4. The fourth-order valence-electron chi connectivity index (χ4n) is 8.88. The van der Waals surface area contributed by atoms with Crippen molar-refractivity contribution in [2.24, 2.45) is 0 Å². The average Bonchev–Trinajstić information content (AvgIpc) is 3.31. The molecule has 0 saturated carbocycles. The molecule has 58 heavy (non-hydrogen) atoms. The molecule has 11 rings (SSSR count). The van der Waals surface area contributed by atoms with Crippen LogP contribution in [0.1, 0.15) is 0 Å². The largest absolute Gasteiger partial charge is 0.248 e. The van der Waals surface area contributed by atoms with Crippen molar-refractivity contribution in [1.82, 2.24) is 4.98 Å². The second-order valence-corrected chi connectivity index (χ2v) is 15.0. The summed E-state index contributed by atoms with van der Waals surface area (Å²) < 4.78 is 0. The molecule has 0 amide bonds. The third-order valence-electron chi connectivity index (χ3n) is 11.7. The van der Waals surface area contributed by atoms with Crippen molar-refractivity contribution in [1.29, 1.82) is 0 Å². The molecule has 0 spiro atoms. The molecule has 0 radical (unpaired) electrons. The van der Waals surface area contributed by atoms with E-state index in [4.69, 9.17) is 4.98 Å². The van der Waals surface area contributed by atoms with Gasteiger partial charge in [-0.05, 0) is 106 Å². The minimum atomic E-state index is 0.970. The Kier molecular flexibility index (Phi) is 8.23. The van der Waals surface area contributed by atoms with Gasteiger partial charge in [0.1, 0.15) is 0 Å². The summed E-state index contributed by atoms with van der Waals surface area (Å²) in [7, 11) is 0. The molecule has 11 aromatic rings. The number of hydrogen-bond acceptors (Lipinski definition) is 1. The summed E-state index contributed by atoms with van der Waals surface area (Å²) in [6.07, 6.45) is 0. The highest BCUT2D eigenvalue weighted by atomic mass is 14.7. The minimum Gasteiger partial charge on any atom is -0.248 e. The number of fused-ring (bicyclic) bond motifs is 5. The van der Waals surface area contributed by atoms with Gasteiger partial charge in [0.25, 0.3) is 0 Å². The molecule has 0 aliphatic heterocycles. The first-order valence-corrected chi connectivity index (χ1v) is 20.0. The van der Waals surface area contributed by atoms with E-state index in [2.05, 4.69) is 224 Å². The van der Waals surface area contributed by atoms with E-state index in [9.17, 15) is 0 Å². The van der Waals surface area contributed by atoms with Gasteiger partial charge in [0.05, 0.1) is 11.2 Å². The summed E-state index contributed by atoms with van der Waals surface area (Å²) >= 11 is 0. The predicted octanol–water partition coefficient (Wildman–Crippen LogP) is 15.7. The Labute approximate surface area is 338 Å². The van der Waals surface area contributed by atoms with Gasteiger partial charge < -0.3 is 0 Å². The van der Waals surface area contributed by atoms with Gasteiger partial charge in [-0.1, -0.05) is 206 Å². The summed E-state index contributed by atoms with van der Waals surface area (Å²) in [6.45, 7) is 0. The van der Waals surface area contributed by atoms with E-state index >= 15 is 0 Å². The van der Waals surface area contributed by atoms with Crippen molar-refractivity contribution in [2.75, 3.05) is 0 Å². The molecule has 270 valence electrons. The van der Waals surface area contributed by atoms with Crippen molar-refractivity contribution in [3.8, 4) is 66.9 Å². The third-order valence-corrected chi connectivity index (χ3v) is 11.7. The van der Waals surface area contributed by atoms with Gasteiger partial charge in [-0.15, -0.1) is 0 Å². The first kappa shape index (κ1) is 33.7. The molecule has 1 nitrogen and oxygen atoms in total. The Morgan fingerprint density at radius 2 is 0.707 bits per heavy atom. The zero-order chi connectivity index (χ0) is 38.4. The Hall–Kier alpha value is -7.61. The second-order valence-electron chi connectivity index (χ2n) is 15.0. The van der Waals surface area contributed by atoms with Gasteiger partial charge in [-0.25, -0.2) is 4.98 Å². The highest BCUT2D eigenvalue weighted by Crippen LogP contribution is 2.45. The maximum absolute atomic E-state index is 5.22. The molecular formula is C57H37N. The maximum Gasteiger partial charge on any atom is 0.0722 e. The van der Waals surface area contributed by atoms with E-state index in [-0.39, 0.29) is 0 Å². The van der Waals surface area contributed by atoms with E-state index in [1.807, 2.05) is 0 Å². The van der Waals surface area contributed by atoms with Crippen molar-refractivity contribution < 1.29 is 0 Å². The molecule has 0 aliphatic rings. The SMILES string of the molecule is c1ccc(-c2c3ccccc3c(-c3ccccc3)c3cc(-c4ccc(-c5ccc(-c6cc(-c7ccccc7)c7c(ccc8ccccc87)n6)cc5)cc4)ccc23)cc1. The summed E-state index contributed by atoms with van der Waals surface area (Å²) in [5, 5.41) is 8.69. The van der Waals surface area contributed by atoms with Crippen LogP contribution in [0.2, 0.25) is 0 Å². The van der Waals surface area contributed by atoms with Crippen LogP contribution in [0.15, 0.2) is 224 Å². The lowest BCUT2D eigenvalue weighted by molar-refractivity contribution is 1.40. The molecule has 0 atom stereocenters. The van der Waals surface area contributed by atoms with Crippen LogP contribution in [0.25, 0.3) is 110 Å². The molecule has 0 unspecified atom stereocenters. The average molecular weight is 736 g/mol. The first-order valence-electron chi connectivity index (χ1n) is 20.0. The summed E-state index contributed by atoms with van der Waals surface area (Å²) in [6, 6.07) is 81.2. The molecule has 1 aromatic heterocycles. The van der Waals surface area contributed by atoms with Crippen LogP contribution < -0.4 is 0 Å². The van der Waals surface area contributed by atoms with E-state index in [1.165, 1.54) is 93.3 Å². The number of benzene rings is 10. The van der Waals surface area contributed by atoms with Gasteiger partial charge >= 0.3 is 0 Å². The summed E-state index contributed by atoms with van der Waals surface area (Å²) in [4.78, 5) is 5.22. The molecular weight excluding hydrogens is 699 g/mol. The van der Waals surface area contributed by atoms with Crippen LogP contribution in [-0.4, -0.2) is 4.98 Å². The Morgan fingerprint density at radius 1 is 0.259 bits per heavy atom. The molecule has 1 heterocycles. The summed E-state index contributed by atoms with van der Waals surface area (Å²) in [5.74, 6) is 0. The van der Waals surface area contributed by atoms with Crippen LogP contribution >= 0.6 is 0 Å². The highest BCUT2D eigenvalue weighted by Gasteiger charge is 2.18. The van der Waals surface area contributed by atoms with E-state index in [0.717, 1.165) is 16.8 Å². The topological polar surface area (TPSA) is 12.9 Å². The van der Waals surface area contributed by atoms with Gasteiger partial charge in [0.2, 0.25) is 0 Å². The Balaban J connectivity index is 0.972. The summed E-state index contributed by atoms with van der Waals surface area (Å²) in [5.41, 5.74) is 15.2. The fourth-order valence-corrected chi connectivity index (χ4v) is 8.88. The zero-order valence-electron chi connectivity index (χ0n) is 31.8. The van der Waals surface area contributed by atoms with E-state index < -0.39 is 0 Å². The lowest BCUT2D eigenvalue weighted by Crippen LogP contribution is -1.92. The highest BCUT2D eigenvalue weighted by molar-refractivity contribution is 6.22. The second kappa shape index (κ2) is 14.2. The van der Waals surface area contributed by atoms with Gasteiger partial charge in [-0.3, -0.25) is 0 Å². The van der Waals surface area contributed by atoms with E-state index in [0.29, 0.717) is 0 Å². The Bertz CT molecular complexity index is 3280. The molecule has 10 aromatic carbocycles. The number of hydrogen-bond donors (Lipinski definition) is 0. The molecule has 0 bridgehead atoms. The van der Waals surface area contributed by atoms with Gasteiger partial charge in [-0.2, -0.15) is 0 Å². The van der Waals surface area contributed by atoms with E-state index in [1.54, 1.807) is 0 Å². The number of aromatic nitrogens is 1. The molecule has 0 aliphatic carbocycles. The lowest BCUT2D eigenvalue weighted by Gasteiger charge is -2.18. The van der Waals surface area contributed by atoms with Crippen molar-refractivity contribution in [2.45, 2.75) is 0 Å².